The van der Waals surface area contributed by atoms with Gasteiger partial charge in [-0.3, -0.25) is 4.79 Å². The van der Waals surface area contributed by atoms with E-state index in [0.717, 1.165) is 11.8 Å². The smallest absolute Gasteiger partial charge is 0.375 e. The molecule has 0 spiro atoms. The van der Waals surface area contributed by atoms with Crippen molar-refractivity contribution in [3.63, 3.8) is 0 Å². The van der Waals surface area contributed by atoms with E-state index in [0.29, 0.717) is 24.0 Å². The average molecular weight is 384 g/mol. The summed E-state index contributed by atoms with van der Waals surface area (Å²) >= 11 is 0. The van der Waals surface area contributed by atoms with Gasteiger partial charge in [0, 0.05) is 5.56 Å². The van der Waals surface area contributed by atoms with Crippen molar-refractivity contribution in [2.75, 3.05) is 14.2 Å². The molecule has 0 bridgehead atoms. The highest BCUT2D eigenvalue weighted by Crippen LogP contribution is 2.31. The molecule has 0 atom stereocenters. The Kier molecular flexibility index (Phi) is 7.21. The Morgan fingerprint density at radius 2 is 1.71 bits per heavy atom. The summed E-state index contributed by atoms with van der Waals surface area (Å²) in [7, 11) is 2.87. The highest BCUT2D eigenvalue weighted by molar-refractivity contribution is 5.84. The number of allylic oxidation sites excluding steroid dienone is 1. The molecule has 2 aromatic carbocycles. The van der Waals surface area contributed by atoms with Gasteiger partial charge in [0.1, 0.15) is 12.5 Å². The fourth-order valence-electron chi connectivity index (χ4n) is 2.30. The van der Waals surface area contributed by atoms with E-state index in [9.17, 15) is 14.7 Å². The molecule has 0 fully saturated rings. The van der Waals surface area contributed by atoms with Crippen LogP contribution in [0.15, 0.2) is 61.1 Å². The van der Waals surface area contributed by atoms with Crippen LogP contribution >= 0.6 is 0 Å². The molecule has 146 valence electrons. The number of carboxylic acid groups (broad SMARTS) is 1. The summed E-state index contributed by atoms with van der Waals surface area (Å²) in [6.45, 7) is 3.68. The number of hydrogen-bond donors (Lipinski definition) is 1. The minimum Gasteiger partial charge on any atom is -0.493 e. The summed E-state index contributed by atoms with van der Waals surface area (Å²) in [4.78, 5) is 22.4. The van der Waals surface area contributed by atoms with Gasteiger partial charge in [0.15, 0.2) is 23.0 Å². The number of carbonyl (C=O) groups excluding carboxylic acids is 1. The van der Waals surface area contributed by atoms with Crippen LogP contribution in [0.25, 0.3) is 0 Å². The molecule has 0 unspecified atom stereocenters. The number of rotatable bonds is 10. The molecule has 0 heterocycles. The third kappa shape index (κ3) is 5.14. The van der Waals surface area contributed by atoms with Crippen LogP contribution in [0.5, 0.6) is 23.0 Å². The first kappa shape index (κ1) is 20.6. The zero-order valence-corrected chi connectivity index (χ0v) is 15.5. The second-order valence-corrected chi connectivity index (χ2v) is 5.51. The Labute approximate surface area is 162 Å². The molecule has 0 amide bonds. The highest BCUT2D eigenvalue weighted by atomic mass is 16.6. The Balaban J connectivity index is 2.28. The second-order valence-electron chi connectivity index (χ2n) is 5.51. The van der Waals surface area contributed by atoms with Crippen LogP contribution in [0.1, 0.15) is 15.9 Å². The molecule has 2 rings (SSSR count). The third-order valence-electron chi connectivity index (χ3n) is 3.66. The molecule has 7 nitrogen and oxygen atoms in total. The first-order chi connectivity index (χ1) is 13.5. The van der Waals surface area contributed by atoms with Gasteiger partial charge in [-0.2, -0.15) is 0 Å². The molecular formula is C21H20O7. The van der Waals surface area contributed by atoms with E-state index in [1.165, 1.54) is 32.4 Å². The van der Waals surface area contributed by atoms with Crippen molar-refractivity contribution in [2.24, 2.45) is 0 Å². The predicted molar refractivity (Wildman–Crippen MR) is 102 cm³/mol. The lowest BCUT2D eigenvalue weighted by atomic mass is 10.1. The minimum atomic E-state index is -1.33. The highest BCUT2D eigenvalue weighted by Gasteiger charge is 2.16. The minimum absolute atomic E-state index is 0.218. The van der Waals surface area contributed by atoms with Crippen molar-refractivity contribution in [1.82, 2.24) is 0 Å². The summed E-state index contributed by atoms with van der Waals surface area (Å²) < 4.78 is 21.3. The lowest BCUT2D eigenvalue weighted by Gasteiger charge is -2.12. The van der Waals surface area contributed by atoms with Gasteiger partial charge >= 0.3 is 5.97 Å². The van der Waals surface area contributed by atoms with Gasteiger partial charge in [0.05, 0.1) is 14.2 Å². The van der Waals surface area contributed by atoms with Crippen molar-refractivity contribution in [2.45, 2.75) is 6.42 Å². The number of methoxy groups -OCH3 is 2. The summed E-state index contributed by atoms with van der Waals surface area (Å²) in [5, 5.41) is 9.42. The van der Waals surface area contributed by atoms with E-state index in [2.05, 4.69) is 6.58 Å². The van der Waals surface area contributed by atoms with Gasteiger partial charge in [-0.25, -0.2) is 4.79 Å². The lowest BCUT2D eigenvalue weighted by molar-refractivity contribution is -0.135. The Morgan fingerprint density at radius 1 is 1.04 bits per heavy atom. The molecule has 0 aliphatic heterocycles. The predicted octanol–water partition coefficient (Wildman–Crippen LogP) is 3.63. The van der Waals surface area contributed by atoms with E-state index < -0.39 is 11.7 Å². The van der Waals surface area contributed by atoms with Crippen LogP contribution < -0.4 is 18.9 Å². The fourth-order valence-corrected chi connectivity index (χ4v) is 2.30. The monoisotopic (exact) mass is 384 g/mol. The molecule has 7 heteroatoms. The van der Waals surface area contributed by atoms with E-state index >= 15 is 0 Å². The fraction of sp³-hybridized carbons (Fsp3) is 0.143. The van der Waals surface area contributed by atoms with Gasteiger partial charge < -0.3 is 24.1 Å². The van der Waals surface area contributed by atoms with Crippen LogP contribution in [0.2, 0.25) is 0 Å². The van der Waals surface area contributed by atoms with Crippen LogP contribution in [0.4, 0.5) is 0 Å². The van der Waals surface area contributed by atoms with Crippen molar-refractivity contribution >= 4 is 12.3 Å². The lowest BCUT2D eigenvalue weighted by Crippen LogP contribution is -2.10. The number of ether oxygens (including phenoxy) is 4. The number of aldehydes is 1. The largest absolute Gasteiger partial charge is 0.493 e. The van der Waals surface area contributed by atoms with E-state index in [-0.39, 0.29) is 17.2 Å². The molecule has 0 aromatic heterocycles. The SMILES string of the molecule is C=CCc1ccc(OC(=COc2ccc(C=O)cc2OC)C(=O)O)c(OC)c1. The number of carbonyl (C=O) groups is 2. The Bertz CT molecular complexity index is 900. The molecular weight excluding hydrogens is 364 g/mol. The molecule has 28 heavy (non-hydrogen) atoms. The van der Waals surface area contributed by atoms with Crippen LogP contribution in [-0.4, -0.2) is 31.6 Å². The zero-order valence-electron chi connectivity index (χ0n) is 15.5. The number of aliphatic carboxylic acids is 1. The molecule has 0 saturated heterocycles. The standard InChI is InChI=1S/C21H20O7/c1-4-5-14-6-9-17(19(10-14)26-3)28-20(21(23)24)13-27-16-8-7-15(12-22)11-18(16)25-2/h4,6-13H,1,5H2,2-3H3,(H,23,24). The van der Waals surface area contributed by atoms with Crippen LogP contribution in [0.3, 0.4) is 0 Å². The molecule has 2 aromatic rings. The molecule has 0 aliphatic carbocycles. The van der Waals surface area contributed by atoms with Gasteiger partial charge in [0.2, 0.25) is 5.76 Å². The van der Waals surface area contributed by atoms with Crippen molar-refractivity contribution in [3.8, 4) is 23.0 Å². The number of carboxylic acids is 1. The summed E-state index contributed by atoms with van der Waals surface area (Å²) in [5.41, 5.74) is 1.34. The van der Waals surface area contributed by atoms with Gasteiger partial charge in [-0.15, -0.1) is 6.58 Å². The Hall–Kier alpha value is -3.74. The maximum Gasteiger partial charge on any atom is 0.375 e. The molecule has 1 N–H and O–H groups in total. The van der Waals surface area contributed by atoms with E-state index in [1.54, 1.807) is 24.3 Å². The van der Waals surface area contributed by atoms with Crippen molar-refractivity contribution in [3.05, 3.63) is 72.2 Å². The number of hydrogen-bond acceptors (Lipinski definition) is 6. The van der Waals surface area contributed by atoms with Gasteiger partial charge in [-0.1, -0.05) is 12.1 Å². The van der Waals surface area contributed by atoms with Gasteiger partial charge in [0.25, 0.3) is 0 Å². The second kappa shape index (κ2) is 9.82. The van der Waals surface area contributed by atoms with E-state index in [4.69, 9.17) is 18.9 Å². The van der Waals surface area contributed by atoms with Crippen molar-refractivity contribution < 1.29 is 33.6 Å². The van der Waals surface area contributed by atoms with Crippen LogP contribution in [0, 0.1) is 0 Å². The van der Waals surface area contributed by atoms with E-state index in [1.807, 2.05) is 0 Å². The van der Waals surface area contributed by atoms with Crippen LogP contribution in [-0.2, 0) is 11.2 Å². The maximum atomic E-state index is 11.5. The summed E-state index contributed by atoms with van der Waals surface area (Å²) in [5.74, 6) is -0.701. The van der Waals surface area contributed by atoms with Gasteiger partial charge in [-0.05, 0) is 42.3 Å². The normalized spacial score (nSPS) is 10.7. The summed E-state index contributed by atoms with van der Waals surface area (Å²) in [6.07, 6.45) is 3.99. The Morgan fingerprint density at radius 3 is 2.32 bits per heavy atom. The molecule has 0 saturated carbocycles. The third-order valence-corrected chi connectivity index (χ3v) is 3.66. The first-order valence-electron chi connectivity index (χ1n) is 8.21. The maximum absolute atomic E-state index is 11.5. The summed E-state index contributed by atoms with van der Waals surface area (Å²) in [6, 6.07) is 9.59. The quantitative estimate of drug-likeness (QED) is 0.289. The topological polar surface area (TPSA) is 91.3 Å². The molecule has 0 aliphatic rings. The van der Waals surface area contributed by atoms with Crippen molar-refractivity contribution in [1.29, 1.82) is 0 Å². The average Bonchev–Trinajstić information content (AvgIpc) is 2.71. The first-order valence-corrected chi connectivity index (χ1v) is 8.21. The zero-order chi connectivity index (χ0) is 20.5. The molecule has 0 radical (unpaired) electrons. The number of benzene rings is 2.